The van der Waals surface area contributed by atoms with Gasteiger partial charge in [-0.2, -0.15) is 0 Å². The Kier molecular flexibility index (Phi) is 5.77. The minimum Gasteiger partial charge on any atom is -0.313 e. The molecule has 1 aliphatic carbocycles. The van der Waals surface area contributed by atoms with Crippen molar-refractivity contribution in [1.82, 2.24) is 10.2 Å². The Bertz CT molecular complexity index is 189. The standard InChI is InChI=1S/C14H30N2/c1-5-16(4)12-11-15-13-7-6-9-14(2,3)10-8-13/h13,15H,5-12H2,1-4H3. The van der Waals surface area contributed by atoms with Crippen LogP contribution in [-0.2, 0) is 0 Å². The number of hydrogen-bond donors (Lipinski definition) is 1. The summed E-state index contributed by atoms with van der Waals surface area (Å²) < 4.78 is 0. The van der Waals surface area contributed by atoms with E-state index in [0.717, 1.165) is 19.1 Å². The van der Waals surface area contributed by atoms with Crippen LogP contribution < -0.4 is 5.32 Å². The molecule has 2 nitrogen and oxygen atoms in total. The molecule has 1 atom stereocenters. The summed E-state index contributed by atoms with van der Waals surface area (Å²) in [5.41, 5.74) is 0.580. The van der Waals surface area contributed by atoms with E-state index in [1.54, 1.807) is 0 Å². The summed E-state index contributed by atoms with van der Waals surface area (Å²) in [5.74, 6) is 0. The Morgan fingerprint density at radius 3 is 2.69 bits per heavy atom. The zero-order valence-electron chi connectivity index (χ0n) is 11.7. The zero-order chi connectivity index (χ0) is 12.0. The molecule has 0 aliphatic heterocycles. The quantitative estimate of drug-likeness (QED) is 0.725. The predicted octanol–water partition coefficient (Wildman–Crippen LogP) is 2.89. The summed E-state index contributed by atoms with van der Waals surface area (Å²) in [7, 11) is 2.19. The molecular weight excluding hydrogens is 196 g/mol. The van der Waals surface area contributed by atoms with Crippen LogP contribution >= 0.6 is 0 Å². The van der Waals surface area contributed by atoms with Gasteiger partial charge >= 0.3 is 0 Å². The van der Waals surface area contributed by atoms with E-state index >= 15 is 0 Å². The third kappa shape index (κ3) is 5.31. The maximum Gasteiger partial charge on any atom is 0.0104 e. The molecule has 0 bridgehead atoms. The molecule has 1 saturated carbocycles. The first-order valence-electron chi connectivity index (χ1n) is 6.95. The number of nitrogens with one attached hydrogen (secondary N) is 1. The molecule has 1 fully saturated rings. The minimum atomic E-state index is 0.580. The van der Waals surface area contributed by atoms with Crippen molar-refractivity contribution in [1.29, 1.82) is 0 Å². The second-order valence-corrected chi connectivity index (χ2v) is 6.14. The Hall–Kier alpha value is -0.0800. The second-order valence-electron chi connectivity index (χ2n) is 6.14. The number of rotatable bonds is 5. The third-order valence-electron chi connectivity index (χ3n) is 4.04. The van der Waals surface area contributed by atoms with Crippen molar-refractivity contribution in [3.8, 4) is 0 Å². The van der Waals surface area contributed by atoms with Crippen molar-refractivity contribution < 1.29 is 0 Å². The molecule has 1 unspecified atom stereocenters. The lowest BCUT2D eigenvalue weighted by molar-refractivity contribution is 0.305. The van der Waals surface area contributed by atoms with Gasteiger partial charge < -0.3 is 10.2 Å². The molecule has 96 valence electrons. The lowest BCUT2D eigenvalue weighted by Gasteiger charge is -2.22. The van der Waals surface area contributed by atoms with E-state index in [1.807, 2.05) is 0 Å². The van der Waals surface area contributed by atoms with Crippen molar-refractivity contribution in [2.45, 2.75) is 58.9 Å². The fraction of sp³-hybridized carbons (Fsp3) is 1.00. The van der Waals surface area contributed by atoms with Gasteiger partial charge in [0.25, 0.3) is 0 Å². The van der Waals surface area contributed by atoms with E-state index in [1.165, 1.54) is 38.6 Å². The number of nitrogens with zero attached hydrogens (tertiary/aromatic N) is 1. The Balaban J connectivity index is 2.18. The van der Waals surface area contributed by atoms with Gasteiger partial charge in [0.1, 0.15) is 0 Å². The fourth-order valence-electron chi connectivity index (χ4n) is 2.48. The summed E-state index contributed by atoms with van der Waals surface area (Å²) in [4.78, 5) is 2.37. The normalized spacial score (nSPS) is 25.7. The monoisotopic (exact) mass is 226 g/mol. The molecule has 2 heteroatoms. The molecule has 0 aromatic rings. The molecule has 1 rings (SSSR count). The fourth-order valence-corrected chi connectivity index (χ4v) is 2.48. The Morgan fingerprint density at radius 1 is 1.25 bits per heavy atom. The van der Waals surface area contributed by atoms with E-state index in [2.05, 4.69) is 38.0 Å². The largest absolute Gasteiger partial charge is 0.313 e. The van der Waals surface area contributed by atoms with E-state index in [9.17, 15) is 0 Å². The average Bonchev–Trinajstić information content (AvgIpc) is 2.40. The highest BCUT2D eigenvalue weighted by Gasteiger charge is 2.23. The lowest BCUT2D eigenvalue weighted by Crippen LogP contribution is -2.35. The van der Waals surface area contributed by atoms with Crippen LogP contribution in [0.5, 0.6) is 0 Å². The third-order valence-corrected chi connectivity index (χ3v) is 4.04. The van der Waals surface area contributed by atoms with Gasteiger partial charge in [0.15, 0.2) is 0 Å². The van der Waals surface area contributed by atoms with Crippen LogP contribution in [0, 0.1) is 5.41 Å². The van der Waals surface area contributed by atoms with Gasteiger partial charge in [-0.25, -0.2) is 0 Å². The van der Waals surface area contributed by atoms with Crippen LogP contribution in [0.4, 0.5) is 0 Å². The lowest BCUT2D eigenvalue weighted by atomic mass is 9.85. The second kappa shape index (κ2) is 6.61. The Morgan fingerprint density at radius 2 is 2.00 bits per heavy atom. The molecule has 0 spiro atoms. The van der Waals surface area contributed by atoms with E-state index in [0.29, 0.717) is 5.41 Å². The van der Waals surface area contributed by atoms with Gasteiger partial charge in [-0.1, -0.05) is 27.2 Å². The summed E-state index contributed by atoms with van der Waals surface area (Å²) in [6.07, 6.45) is 6.92. The first-order valence-corrected chi connectivity index (χ1v) is 6.95. The molecule has 1 aliphatic rings. The highest BCUT2D eigenvalue weighted by Crippen LogP contribution is 2.33. The molecule has 0 aromatic carbocycles. The van der Waals surface area contributed by atoms with Gasteiger partial charge in [0, 0.05) is 19.1 Å². The summed E-state index contributed by atoms with van der Waals surface area (Å²) in [6.45, 7) is 10.5. The van der Waals surface area contributed by atoms with E-state index < -0.39 is 0 Å². The average molecular weight is 226 g/mol. The van der Waals surface area contributed by atoms with Crippen LogP contribution in [0.25, 0.3) is 0 Å². The van der Waals surface area contributed by atoms with Crippen molar-refractivity contribution >= 4 is 0 Å². The van der Waals surface area contributed by atoms with Gasteiger partial charge in [0.2, 0.25) is 0 Å². The first-order chi connectivity index (χ1) is 7.53. The summed E-state index contributed by atoms with van der Waals surface area (Å²) in [5, 5.41) is 3.72. The van der Waals surface area contributed by atoms with Crippen molar-refractivity contribution in [3.05, 3.63) is 0 Å². The maximum absolute atomic E-state index is 3.72. The molecule has 0 heterocycles. The highest BCUT2D eigenvalue weighted by molar-refractivity contribution is 4.79. The maximum atomic E-state index is 3.72. The Labute approximate surface area is 102 Å². The molecular formula is C14H30N2. The highest BCUT2D eigenvalue weighted by atomic mass is 15.1. The van der Waals surface area contributed by atoms with Crippen molar-refractivity contribution in [2.24, 2.45) is 5.41 Å². The summed E-state index contributed by atoms with van der Waals surface area (Å²) in [6, 6.07) is 0.770. The van der Waals surface area contributed by atoms with Crippen molar-refractivity contribution in [2.75, 3.05) is 26.7 Å². The smallest absolute Gasteiger partial charge is 0.0104 e. The van der Waals surface area contributed by atoms with Crippen LogP contribution in [0.3, 0.4) is 0 Å². The van der Waals surface area contributed by atoms with E-state index in [-0.39, 0.29) is 0 Å². The van der Waals surface area contributed by atoms with Crippen LogP contribution in [0.15, 0.2) is 0 Å². The first kappa shape index (κ1) is 14.0. The van der Waals surface area contributed by atoms with Crippen LogP contribution in [0.2, 0.25) is 0 Å². The zero-order valence-corrected chi connectivity index (χ0v) is 11.7. The van der Waals surface area contributed by atoms with Gasteiger partial charge in [-0.05, 0) is 44.7 Å². The van der Waals surface area contributed by atoms with Gasteiger partial charge in [0.05, 0.1) is 0 Å². The van der Waals surface area contributed by atoms with Gasteiger partial charge in [-0.15, -0.1) is 0 Å². The van der Waals surface area contributed by atoms with Crippen LogP contribution in [0.1, 0.15) is 52.9 Å². The molecule has 1 N–H and O–H groups in total. The molecule has 0 saturated heterocycles. The SMILES string of the molecule is CCN(C)CCNC1CCCC(C)(C)CC1. The summed E-state index contributed by atoms with van der Waals surface area (Å²) >= 11 is 0. The van der Waals surface area contributed by atoms with Crippen LogP contribution in [-0.4, -0.2) is 37.6 Å². The topological polar surface area (TPSA) is 15.3 Å². The van der Waals surface area contributed by atoms with E-state index in [4.69, 9.17) is 0 Å². The van der Waals surface area contributed by atoms with Gasteiger partial charge in [-0.3, -0.25) is 0 Å². The number of hydrogen-bond acceptors (Lipinski definition) is 2. The van der Waals surface area contributed by atoms with Crippen molar-refractivity contribution in [3.63, 3.8) is 0 Å². The number of likely N-dealkylation sites (N-methyl/N-ethyl adjacent to an activating group) is 1. The molecule has 16 heavy (non-hydrogen) atoms. The molecule has 0 radical (unpaired) electrons. The molecule has 0 amide bonds. The molecule has 0 aromatic heterocycles. The predicted molar refractivity (Wildman–Crippen MR) is 71.8 cm³/mol. The minimum absolute atomic E-state index is 0.580.